The van der Waals surface area contributed by atoms with Crippen LogP contribution in [0.4, 0.5) is 0 Å². The van der Waals surface area contributed by atoms with Crippen molar-refractivity contribution in [2.24, 2.45) is 5.92 Å². The highest BCUT2D eigenvalue weighted by Gasteiger charge is 2.44. The van der Waals surface area contributed by atoms with Gasteiger partial charge >= 0.3 is 0 Å². The molecule has 31 heavy (non-hydrogen) atoms. The lowest BCUT2D eigenvalue weighted by Crippen LogP contribution is -2.33. The summed E-state index contributed by atoms with van der Waals surface area (Å²) in [4.78, 5) is 0. The van der Waals surface area contributed by atoms with Crippen LogP contribution in [-0.2, 0) is 0 Å². The molecule has 0 fully saturated rings. The molecule has 0 bridgehead atoms. The molecule has 0 radical (unpaired) electrons. The average molecular weight is 432 g/mol. The van der Waals surface area contributed by atoms with E-state index in [1.54, 1.807) is 0 Å². The van der Waals surface area contributed by atoms with E-state index in [0.717, 1.165) is 5.92 Å². The second-order valence-electron chi connectivity index (χ2n) is 8.96. The highest BCUT2D eigenvalue weighted by atomic mass is 31.2. The quantitative estimate of drug-likeness (QED) is 0.192. The minimum absolute atomic E-state index is 0.896. The van der Waals surface area contributed by atoms with E-state index in [1.807, 2.05) is 0 Å². The second-order valence-corrected chi connectivity index (χ2v) is 12.6. The van der Waals surface area contributed by atoms with Crippen LogP contribution in [-0.4, -0.2) is 6.16 Å². The first-order valence-corrected chi connectivity index (χ1v) is 14.3. The fraction of sp³-hybridized carbons (Fsp3) is 0.400. The van der Waals surface area contributed by atoms with Gasteiger partial charge in [-0.1, -0.05) is 107 Å². The van der Waals surface area contributed by atoms with Crippen LogP contribution in [0, 0.1) is 5.92 Å². The summed E-state index contributed by atoms with van der Waals surface area (Å²) >= 11 is 0. The molecule has 0 aliphatic heterocycles. The third kappa shape index (κ3) is 6.54. The Hall–Kier alpha value is -1.91. The van der Waals surface area contributed by atoms with Gasteiger partial charge in [0.05, 0.1) is 6.16 Å². The minimum atomic E-state index is -1.63. The Balaban J connectivity index is 1.73. The number of rotatable bonds is 13. The Bertz CT molecular complexity index is 745. The van der Waals surface area contributed by atoms with Crippen molar-refractivity contribution in [3.8, 4) is 0 Å². The summed E-state index contributed by atoms with van der Waals surface area (Å²) in [5, 5.41) is 4.54. The van der Waals surface area contributed by atoms with Crippen LogP contribution in [0.5, 0.6) is 0 Å². The van der Waals surface area contributed by atoms with Crippen LogP contribution < -0.4 is 15.9 Å². The summed E-state index contributed by atoms with van der Waals surface area (Å²) in [6.45, 7) is 4.70. The molecule has 1 atom stereocenters. The second kappa shape index (κ2) is 12.8. The van der Waals surface area contributed by atoms with Crippen LogP contribution in [0.3, 0.4) is 0 Å². The van der Waals surface area contributed by atoms with Crippen LogP contribution in [0.25, 0.3) is 0 Å². The van der Waals surface area contributed by atoms with E-state index in [1.165, 1.54) is 73.4 Å². The lowest BCUT2D eigenvalue weighted by atomic mass is 10.00. The van der Waals surface area contributed by atoms with Crippen molar-refractivity contribution in [2.45, 2.75) is 65.2 Å². The van der Waals surface area contributed by atoms with Gasteiger partial charge in [0.1, 0.15) is 23.2 Å². The van der Waals surface area contributed by atoms with Crippen molar-refractivity contribution in [2.75, 3.05) is 6.16 Å². The molecule has 1 heteroatoms. The van der Waals surface area contributed by atoms with Gasteiger partial charge in [0.15, 0.2) is 0 Å². The van der Waals surface area contributed by atoms with Gasteiger partial charge in [0.25, 0.3) is 0 Å². The van der Waals surface area contributed by atoms with Gasteiger partial charge in [-0.3, -0.25) is 0 Å². The zero-order valence-electron chi connectivity index (χ0n) is 19.5. The molecule has 0 aliphatic carbocycles. The van der Waals surface area contributed by atoms with Crippen LogP contribution in [0.1, 0.15) is 65.2 Å². The third-order valence-corrected chi connectivity index (χ3v) is 11.3. The summed E-state index contributed by atoms with van der Waals surface area (Å²) < 4.78 is 0. The molecule has 3 rings (SSSR count). The highest BCUT2D eigenvalue weighted by Crippen LogP contribution is 2.55. The van der Waals surface area contributed by atoms with Gasteiger partial charge in [-0.2, -0.15) is 0 Å². The normalized spacial score (nSPS) is 12.6. The molecule has 0 saturated carbocycles. The van der Waals surface area contributed by atoms with E-state index in [9.17, 15) is 0 Å². The Morgan fingerprint density at radius 3 is 1.35 bits per heavy atom. The van der Waals surface area contributed by atoms with E-state index in [-0.39, 0.29) is 0 Å². The van der Waals surface area contributed by atoms with Crippen molar-refractivity contribution in [3.63, 3.8) is 0 Å². The first-order valence-electron chi connectivity index (χ1n) is 12.3. The van der Waals surface area contributed by atoms with Gasteiger partial charge in [0.2, 0.25) is 0 Å². The first-order chi connectivity index (χ1) is 15.3. The summed E-state index contributed by atoms with van der Waals surface area (Å²) in [6.07, 6.45) is 12.2. The smallest absolute Gasteiger partial charge is 0.0651 e. The Kier molecular flexibility index (Phi) is 9.83. The van der Waals surface area contributed by atoms with Gasteiger partial charge in [-0.05, 0) is 55.2 Å². The molecule has 0 nitrogen and oxygen atoms in total. The van der Waals surface area contributed by atoms with Gasteiger partial charge in [-0.25, -0.2) is 0 Å². The molecule has 3 aromatic rings. The summed E-state index contributed by atoms with van der Waals surface area (Å²) in [7, 11) is -1.63. The minimum Gasteiger partial charge on any atom is -0.0651 e. The van der Waals surface area contributed by atoms with E-state index in [0.29, 0.717) is 0 Å². The molecule has 164 valence electrons. The van der Waals surface area contributed by atoms with E-state index >= 15 is 0 Å². The molecule has 0 N–H and O–H groups in total. The van der Waals surface area contributed by atoms with Crippen molar-refractivity contribution in [3.05, 3.63) is 91.0 Å². The summed E-state index contributed by atoms with van der Waals surface area (Å²) in [6, 6.07) is 33.9. The van der Waals surface area contributed by atoms with Crippen molar-refractivity contribution in [1.82, 2.24) is 0 Å². The van der Waals surface area contributed by atoms with E-state index < -0.39 is 7.26 Å². The Labute approximate surface area is 191 Å². The molecular weight excluding hydrogens is 391 g/mol. The number of benzene rings is 3. The number of hydrogen-bond acceptors (Lipinski definition) is 0. The fourth-order valence-electron chi connectivity index (χ4n) is 4.63. The standard InChI is InChI=1S/C30H40P/c1-3-27(2)19-11-6-4-5-7-18-26-31(28-20-12-8-13-21-28,29-22-14-9-15-23-29)30-24-16-10-17-25-30/h8-10,12-17,20-25,27H,3-7,11,18-19,26H2,1-2H3/q+1. The predicted octanol–water partition coefficient (Wildman–Crippen LogP) is 7.76. The van der Waals surface area contributed by atoms with Gasteiger partial charge in [-0.15, -0.1) is 0 Å². The van der Waals surface area contributed by atoms with E-state index in [4.69, 9.17) is 0 Å². The zero-order valence-corrected chi connectivity index (χ0v) is 20.4. The lowest BCUT2D eigenvalue weighted by molar-refractivity contribution is 0.472. The van der Waals surface area contributed by atoms with Gasteiger partial charge in [0, 0.05) is 0 Å². The first kappa shape index (κ1) is 23.7. The van der Waals surface area contributed by atoms with Crippen molar-refractivity contribution in [1.29, 1.82) is 0 Å². The Morgan fingerprint density at radius 1 is 0.548 bits per heavy atom. The fourth-order valence-corrected chi connectivity index (χ4v) is 9.05. The maximum atomic E-state index is 2.39. The molecule has 3 aromatic carbocycles. The molecule has 0 spiro atoms. The van der Waals surface area contributed by atoms with Crippen LogP contribution in [0.15, 0.2) is 91.0 Å². The molecule has 0 saturated heterocycles. The third-order valence-electron chi connectivity index (χ3n) is 6.73. The molecule has 1 unspecified atom stereocenters. The predicted molar refractivity (Wildman–Crippen MR) is 142 cm³/mol. The molecule has 0 aliphatic rings. The maximum absolute atomic E-state index is 2.39. The van der Waals surface area contributed by atoms with Gasteiger partial charge < -0.3 is 0 Å². The Morgan fingerprint density at radius 2 is 0.935 bits per heavy atom. The molecule has 0 heterocycles. The number of hydrogen-bond donors (Lipinski definition) is 0. The van der Waals surface area contributed by atoms with Crippen molar-refractivity contribution < 1.29 is 0 Å². The zero-order chi connectivity index (χ0) is 21.8. The highest BCUT2D eigenvalue weighted by molar-refractivity contribution is 7.95. The lowest BCUT2D eigenvalue weighted by Gasteiger charge is -2.27. The maximum Gasteiger partial charge on any atom is 0.112 e. The largest absolute Gasteiger partial charge is 0.112 e. The monoisotopic (exact) mass is 431 g/mol. The van der Waals surface area contributed by atoms with E-state index in [2.05, 4.69) is 105 Å². The molecule has 0 aromatic heterocycles. The number of unbranched alkanes of at least 4 members (excludes halogenated alkanes) is 5. The topological polar surface area (TPSA) is 0 Å². The molecule has 0 amide bonds. The summed E-state index contributed by atoms with van der Waals surface area (Å²) in [5.74, 6) is 0.896. The summed E-state index contributed by atoms with van der Waals surface area (Å²) in [5.41, 5.74) is 0. The molecular formula is C30H40P+. The van der Waals surface area contributed by atoms with Crippen molar-refractivity contribution >= 4 is 23.2 Å². The SMILES string of the molecule is CCC(C)CCCCCCCC[P+](c1ccccc1)(c1ccccc1)c1ccccc1. The van der Waals surface area contributed by atoms with Crippen LogP contribution >= 0.6 is 7.26 Å². The average Bonchev–Trinajstić information content (AvgIpc) is 2.85. The van der Waals surface area contributed by atoms with Crippen LogP contribution in [0.2, 0.25) is 0 Å².